The van der Waals surface area contributed by atoms with Crippen molar-refractivity contribution in [2.24, 2.45) is 0 Å². The van der Waals surface area contributed by atoms with Gasteiger partial charge in [0.15, 0.2) is 0 Å². The molecule has 0 saturated carbocycles. The van der Waals surface area contributed by atoms with E-state index in [1.165, 1.54) is 19.2 Å². The van der Waals surface area contributed by atoms with E-state index in [0.717, 1.165) is 6.07 Å². The number of benzene rings is 1. The van der Waals surface area contributed by atoms with E-state index in [9.17, 15) is 13.2 Å². The first-order valence-electron chi connectivity index (χ1n) is 4.59. The normalized spacial score (nSPS) is 11.4. The summed E-state index contributed by atoms with van der Waals surface area (Å²) < 4.78 is 50.2. The Kier molecular flexibility index (Phi) is 5.07. The second kappa shape index (κ2) is 6.11. The van der Waals surface area contributed by atoms with Gasteiger partial charge >= 0.3 is 6.36 Å². The summed E-state index contributed by atoms with van der Waals surface area (Å²) in [6, 6.07) is 3.77. The summed E-state index contributed by atoms with van der Waals surface area (Å²) in [6.07, 6.45) is -4.71. The van der Waals surface area contributed by atoms with Crippen molar-refractivity contribution < 1.29 is 27.4 Å². The molecule has 0 aliphatic heterocycles. The van der Waals surface area contributed by atoms with Gasteiger partial charge in [-0.1, -0.05) is 0 Å². The van der Waals surface area contributed by atoms with Gasteiger partial charge in [0, 0.05) is 13.2 Å². The van der Waals surface area contributed by atoms with Crippen LogP contribution in [-0.2, 0) is 4.74 Å². The number of halogens is 4. The summed E-state index contributed by atoms with van der Waals surface area (Å²) in [6.45, 7) is 0.585. The lowest BCUT2D eigenvalue weighted by Crippen LogP contribution is -2.17. The standard InChI is InChI=1S/C10H10BrF3O3/c1-15-4-5-16-9-6-7(2-3-8(9)11)17-10(12,13)14/h2-3,6H,4-5H2,1H3. The number of ether oxygens (including phenoxy) is 3. The maximum Gasteiger partial charge on any atom is 0.573 e. The minimum absolute atomic E-state index is 0.241. The summed E-state index contributed by atoms with van der Waals surface area (Å²) in [5.74, 6) is -0.0584. The molecule has 96 valence electrons. The number of hydrogen-bond donors (Lipinski definition) is 0. The highest BCUT2D eigenvalue weighted by atomic mass is 79.9. The molecule has 0 aliphatic carbocycles. The summed E-state index contributed by atoms with van der Waals surface area (Å²) in [5.41, 5.74) is 0. The van der Waals surface area contributed by atoms with Crippen LogP contribution < -0.4 is 9.47 Å². The fourth-order valence-electron chi connectivity index (χ4n) is 1.03. The van der Waals surface area contributed by atoms with E-state index >= 15 is 0 Å². The van der Waals surface area contributed by atoms with Crippen molar-refractivity contribution in [1.82, 2.24) is 0 Å². The molecule has 17 heavy (non-hydrogen) atoms. The SMILES string of the molecule is COCCOc1cc(OC(F)(F)F)ccc1Br. The molecule has 0 aromatic heterocycles. The van der Waals surface area contributed by atoms with Gasteiger partial charge < -0.3 is 14.2 Å². The molecule has 3 nitrogen and oxygen atoms in total. The first-order valence-corrected chi connectivity index (χ1v) is 5.38. The van der Waals surface area contributed by atoms with Crippen molar-refractivity contribution in [2.45, 2.75) is 6.36 Å². The Bertz CT molecular complexity index is 368. The zero-order chi connectivity index (χ0) is 12.9. The molecular weight excluding hydrogens is 305 g/mol. The van der Waals surface area contributed by atoms with Gasteiger partial charge in [0.2, 0.25) is 0 Å². The maximum absolute atomic E-state index is 12.0. The molecule has 0 bridgehead atoms. The highest BCUT2D eigenvalue weighted by molar-refractivity contribution is 9.10. The van der Waals surface area contributed by atoms with Gasteiger partial charge in [0.1, 0.15) is 18.1 Å². The van der Waals surface area contributed by atoms with Gasteiger partial charge in [-0.25, -0.2) is 0 Å². The van der Waals surface area contributed by atoms with E-state index in [2.05, 4.69) is 20.7 Å². The van der Waals surface area contributed by atoms with Gasteiger partial charge in [-0.05, 0) is 28.1 Å². The highest BCUT2D eigenvalue weighted by Crippen LogP contribution is 2.32. The molecule has 0 N–H and O–H groups in total. The molecule has 1 aromatic rings. The predicted octanol–water partition coefficient (Wildman–Crippen LogP) is 3.37. The van der Waals surface area contributed by atoms with Crippen molar-refractivity contribution >= 4 is 15.9 Å². The third kappa shape index (κ3) is 5.27. The summed E-state index contributed by atoms with van der Waals surface area (Å²) in [4.78, 5) is 0. The fourth-order valence-corrected chi connectivity index (χ4v) is 1.39. The smallest absolute Gasteiger partial charge is 0.490 e. The molecule has 0 radical (unpaired) electrons. The van der Waals surface area contributed by atoms with E-state index in [4.69, 9.17) is 9.47 Å². The molecule has 0 saturated heterocycles. The van der Waals surface area contributed by atoms with Gasteiger partial charge in [0.05, 0.1) is 11.1 Å². The minimum Gasteiger partial charge on any atom is -0.490 e. The predicted molar refractivity (Wildman–Crippen MR) is 58.2 cm³/mol. The third-order valence-electron chi connectivity index (χ3n) is 1.68. The Hall–Kier alpha value is -0.950. The number of methoxy groups -OCH3 is 1. The lowest BCUT2D eigenvalue weighted by atomic mass is 10.3. The van der Waals surface area contributed by atoms with Crippen LogP contribution in [0.2, 0.25) is 0 Å². The molecule has 0 amide bonds. The van der Waals surface area contributed by atoms with Crippen LogP contribution in [0.25, 0.3) is 0 Å². The van der Waals surface area contributed by atoms with Gasteiger partial charge in [0.25, 0.3) is 0 Å². The van der Waals surface area contributed by atoms with Crippen molar-refractivity contribution in [3.63, 3.8) is 0 Å². The van der Waals surface area contributed by atoms with Crippen LogP contribution in [-0.4, -0.2) is 26.7 Å². The van der Waals surface area contributed by atoms with Crippen LogP contribution in [0.4, 0.5) is 13.2 Å². The lowest BCUT2D eigenvalue weighted by molar-refractivity contribution is -0.274. The van der Waals surface area contributed by atoms with Crippen molar-refractivity contribution in [2.75, 3.05) is 20.3 Å². The first-order chi connectivity index (χ1) is 7.92. The van der Waals surface area contributed by atoms with Gasteiger partial charge in [-0.15, -0.1) is 13.2 Å². The van der Waals surface area contributed by atoms with Gasteiger partial charge in [-0.2, -0.15) is 0 Å². The maximum atomic E-state index is 12.0. The molecule has 0 spiro atoms. The molecule has 1 aromatic carbocycles. The number of alkyl halides is 3. The average Bonchev–Trinajstić information content (AvgIpc) is 2.21. The first kappa shape index (κ1) is 14.1. The molecule has 0 fully saturated rings. The quantitative estimate of drug-likeness (QED) is 0.780. The van der Waals surface area contributed by atoms with E-state index in [0.29, 0.717) is 11.1 Å². The minimum atomic E-state index is -4.71. The Labute approximate surface area is 105 Å². The molecule has 0 aliphatic rings. The Balaban J connectivity index is 2.72. The van der Waals surface area contributed by atoms with E-state index < -0.39 is 6.36 Å². The molecule has 7 heteroatoms. The fraction of sp³-hybridized carbons (Fsp3) is 0.400. The third-order valence-corrected chi connectivity index (χ3v) is 2.34. The summed E-state index contributed by atoms with van der Waals surface area (Å²) in [5, 5.41) is 0. The molecule has 0 heterocycles. The van der Waals surface area contributed by atoms with E-state index in [1.807, 2.05) is 0 Å². The van der Waals surface area contributed by atoms with Gasteiger partial charge in [-0.3, -0.25) is 0 Å². The average molecular weight is 315 g/mol. The zero-order valence-electron chi connectivity index (χ0n) is 8.88. The summed E-state index contributed by atoms with van der Waals surface area (Å²) in [7, 11) is 1.50. The van der Waals surface area contributed by atoms with Crippen LogP contribution in [0.3, 0.4) is 0 Å². The van der Waals surface area contributed by atoms with Crippen LogP contribution in [0.1, 0.15) is 0 Å². The van der Waals surface area contributed by atoms with Crippen LogP contribution in [0.5, 0.6) is 11.5 Å². The second-order valence-corrected chi connectivity index (χ2v) is 3.84. The van der Waals surface area contributed by atoms with Crippen LogP contribution in [0.15, 0.2) is 22.7 Å². The Morgan fingerprint density at radius 1 is 1.24 bits per heavy atom. The van der Waals surface area contributed by atoms with Crippen LogP contribution in [0, 0.1) is 0 Å². The highest BCUT2D eigenvalue weighted by Gasteiger charge is 2.31. The van der Waals surface area contributed by atoms with E-state index in [1.54, 1.807) is 0 Å². The molecule has 0 unspecified atom stereocenters. The monoisotopic (exact) mass is 314 g/mol. The molecule has 0 atom stereocenters. The van der Waals surface area contributed by atoms with Crippen molar-refractivity contribution in [3.8, 4) is 11.5 Å². The topological polar surface area (TPSA) is 27.7 Å². The summed E-state index contributed by atoms with van der Waals surface area (Å²) >= 11 is 3.16. The lowest BCUT2D eigenvalue weighted by Gasteiger charge is -2.12. The van der Waals surface area contributed by atoms with Crippen molar-refractivity contribution in [3.05, 3.63) is 22.7 Å². The van der Waals surface area contributed by atoms with E-state index in [-0.39, 0.29) is 18.1 Å². The molecule has 1 rings (SSSR count). The Morgan fingerprint density at radius 3 is 2.53 bits per heavy atom. The zero-order valence-corrected chi connectivity index (χ0v) is 10.5. The Morgan fingerprint density at radius 2 is 1.94 bits per heavy atom. The largest absolute Gasteiger partial charge is 0.573 e. The van der Waals surface area contributed by atoms with Crippen LogP contribution >= 0.6 is 15.9 Å². The second-order valence-electron chi connectivity index (χ2n) is 2.98. The number of hydrogen-bond acceptors (Lipinski definition) is 3. The molecular formula is C10H10BrF3O3. The van der Waals surface area contributed by atoms with Crippen molar-refractivity contribution in [1.29, 1.82) is 0 Å². The number of rotatable bonds is 5.